The van der Waals surface area contributed by atoms with Crippen LogP contribution >= 0.6 is 15.9 Å². The minimum Gasteiger partial charge on any atom is -0.324 e. The molecule has 0 aliphatic rings. The number of rotatable bonds is 3. The molecule has 0 aliphatic carbocycles. The molecule has 106 valence electrons. The molecule has 4 heteroatoms. The van der Waals surface area contributed by atoms with Crippen LogP contribution in [0.1, 0.15) is 17.2 Å². The Hall–Kier alpha value is -1.78. The van der Waals surface area contributed by atoms with E-state index in [1.807, 2.05) is 30.3 Å². The van der Waals surface area contributed by atoms with Crippen molar-refractivity contribution in [1.82, 2.24) is 4.98 Å². The number of hydrogen-bond donors (Lipinski definition) is 1. The van der Waals surface area contributed by atoms with Gasteiger partial charge in [0, 0.05) is 22.1 Å². The number of hydrogen-bond acceptors (Lipinski definition) is 2. The van der Waals surface area contributed by atoms with E-state index in [0.717, 1.165) is 22.0 Å². The predicted molar refractivity (Wildman–Crippen MR) is 86.5 cm³/mol. The molecule has 1 unspecified atom stereocenters. The van der Waals surface area contributed by atoms with E-state index in [-0.39, 0.29) is 11.9 Å². The van der Waals surface area contributed by atoms with Crippen molar-refractivity contribution in [1.29, 1.82) is 0 Å². The molecule has 3 aromatic rings. The van der Waals surface area contributed by atoms with Gasteiger partial charge in [0.15, 0.2) is 0 Å². The Labute approximate surface area is 130 Å². The van der Waals surface area contributed by atoms with Crippen LogP contribution in [0, 0.1) is 5.82 Å². The van der Waals surface area contributed by atoms with Gasteiger partial charge in [-0.15, -0.1) is 0 Å². The number of halogens is 2. The summed E-state index contributed by atoms with van der Waals surface area (Å²) in [4.78, 5) is 4.35. The topological polar surface area (TPSA) is 38.9 Å². The van der Waals surface area contributed by atoms with Gasteiger partial charge in [0.1, 0.15) is 5.82 Å². The molecule has 1 aromatic heterocycles. The van der Waals surface area contributed by atoms with Crippen LogP contribution in [0.25, 0.3) is 10.9 Å². The Morgan fingerprint density at radius 1 is 1.14 bits per heavy atom. The molecule has 0 saturated heterocycles. The van der Waals surface area contributed by atoms with Crippen LogP contribution in [0.5, 0.6) is 0 Å². The number of para-hydroxylation sites is 1. The summed E-state index contributed by atoms with van der Waals surface area (Å²) < 4.78 is 13.9. The predicted octanol–water partition coefficient (Wildman–Crippen LogP) is 4.38. The van der Waals surface area contributed by atoms with Gasteiger partial charge in [-0.25, -0.2) is 4.39 Å². The first-order valence-corrected chi connectivity index (χ1v) is 7.47. The van der Waals surface area contributed by atoms with Crippen LogP contribution in [0.15, 0.2) is 59.2 Å². The van der Waals surface area contributed by atoms with Gasteiger partial charge in [-0.3, -0.25) is 4.98 Å². The van der Waals surface area contributed by atoms with E-state index in [0.29, 0.717) is 10.9 Å². The summed E-state index contributed by atoms with van der Waals surface area (Å²) in [5, 5.41) is 1.11. The quantitative estimate of drug-likeness (QED) is 0.765. The van der Waals surface area contributed by atoms with Crippen LogP contribution in [-0.2, 0) is 6.42 Å². The number of fused-ring (bicyclic) bond motifs is 1. The molecule has 3 rings (SSSR count). The van der Waals surface area contributed by atoms with E-state index in [1.165, 1.54) is 12.1 Å². The summed E-state index contributed by atoms with van der Waals surface area (Å²) in [6.45, 7) is 0. The molecule has 2 aromatic carbocycles. The van der Waals surface area contributed by atoms with Gasteiger partial charge in [-0.05, 0) is 41.8 Å². The minimum absolute atomic E-state index is 0.203. The summed E-state index contributed by atoms with van der Waals surface area (Å²) in [5.41, 5.74) is 9.30. The average Bonchev–Trinajstić information content (AvgIpc) is 2.47. The van der Waals surface area contributed by atoms with E-state index in [2.05, 4.69) is 20.9 Å². The number of aromatic nitrogens is 1. The Bertz CT molecular complexity index is 783. The fraction of sp³-hybridized carbons (Fsp3) is 0.118. The zero-order chi connectivity index (χ0) is 14.8. The van der Waals surface area contributed by atoms with Crippen molar-refractivity contribution in [2.75, 3.05) is 0 Å². The van der Waals surface area contributed by atoms with Gasteiger partial charge in [0.2, 0.25) is 0 Å². The van der Waals surface area contributed by atoms with Crippen LogP contribution in [0.2, 0.25) is 0 Å². The molecule has 0 amide bonds. The normalized spacial score (nSPS) is 12.5. The Kier molecular flexibility index (Phi) is 3.99. The first-order chi connectivity index (χ1) is 10.1. The molecular weight excluding hydrogens is 331 g/mol. The monoisotopic (exact) mass is 344 g/mol. The van der Waals surface area contributed by atoms with E-state index >= 15 is 0 Å². The van der Waals surface area contributed by atoms with E-state index in [4.69, 9.17) is 5.73 Å². The highest BCUT2D eigenvalue weighted by Crippen LogP contribution is 2.27. The van der Waals surface area contributed by atoms with Gasteiger partial charge in [0.05, 0.1) is 5.52 Å². The lowest BCUT2D eigenvalue weighted by Crippen LogP contribution is -2.14. The number of benzene rings is 2. The molecule has 2 N–H and O–H groups in total. The second kappa shape index (κ2) is 5.92. The van der Waals surface area contributed by atoms with Crippen LogP contribution in [0.3, 0.4) is 0 Å². The smallest absolute Gasteiger partial charge is 0.124 e. The fourth-order valence-corrected chi connectivity index (χ4v) is 3.13. The molecule has 0 spiro atoms. The van der Waals surface area contributed by atoms with Gasteiger partial charge in [-0.1, -0.05) is 40.2 Å². The largest absolute Gasteiger partial charge is 0.324 e. The third-order valence-corrected chi connectivity index (χ3v) is 4.23. The summed E-state index contributed by atoms with van der Waals surface area (Å²) in [7, 11) is 0. The molecule has 1 heterocycles. The summed E-state index contributed by atoms with van der Waals surface area (Å²) in [6.07, 6.45) is 2.47. The first-order valence-electron chi connectivity index (χ1n) is 6.68. The van der Waals surface area contributed by atoms with Crippen molar-refractivity contribution in [3.63, 3.8) is 0 Å². The Morgan fingerprint density at radius 2 is 1.95 bits per heavy atom. The lowest BCUT2D eigenvalue weighted by atomic mass is 9.97. The van der Waals surface area contributed by atoms with Crippen molar-refractivity contribution >= 4 is 26.8 Å². The SMILES string of the molecule is NC(Cc1ccnc2ccccc12)c1ccc(F)cc1Br. The van der Waals surface area contributed by atoms with Crippen molar-refractivity contribution in [3.8, 4) is 0 Å². The number of pyridine rings is 1. The van der Waals surface area contributed by atoms with Crippen molar-refractivity contribution < 1.29 is 4.39 Å². The molecular formula is C17H14BrFN2. The van der Waals surface area contributed by atoms with Gasteiger partial charge in [-0.2, -0.15) is 0 Å². The molecule has 0 saturated carbocycles. The second-order valence-electron chi connectivity index (χ2n) is 4.96. The van der Waals surface area contributed by atoms with Crippen molar-refractivity contribution in [2.45, 2.75) is 12.5 Å². The van der Waals surface area contributed by atoms with Crippen LogP contribution in [0.4, 0.5) is 4.39 Å². The maximum atomic E-state index is 13.2. The minimum atomic E-state index is -0.271. The standard InChI is InChI=1S/C17H14BrFN2/c18-15-10-12(19)5-6-14(15)16(20)9-11-7-8-21-17-4-2-1-3-13(11)17/h1-8,10,16H,9,20H2. The fourth-order valence-electron chi connectivity index (χ4n) is 2.48. The lowest BCUT2D eigenvalue weighted by molar-refractivity contribution is 0.623. The zero-order valence-corrected chi connectivity index (χ0v) is 12.8. The third kappa shape index (κ3) is 2.96. The lowest BCUT2D eigenvalue weighted by Gasteiger charge is -2.15. The molecule has 0 radical (unpaired) electrons. The molecule has 0 bridgehead atoms. The van der Waals surface area contributed by atoms with Crippen LogP contribution < -0.4 is 5.73 Å². The Balaban J connectivity index is 1.94. The van der Waals surface area contributed by atoms with Crippen molar-refractivity contribution in [2.24, 2.45) is 5.73 Å². The van der Waals surface area contributed by atoms with E-state index in [1.54, 1.807) is 12.3 Å². The Morgan fingerprint density at radius 3 is 2.76 bits per heavy atom. The maximum absolute atomic E-state index is 13.2. The van der Waals surface area contributed by atoms with Gasteiger partial charge >= 0.3 is 0 Å². The van der Waals surface area contributed by atoms with E-state index in [9.17, 15) is 4.39 Å². The van der Waals surface area contributed by atoms with Crippen molar-refractivity contribution in [3.05, 3.63) is 76.1 Å². The summed E-state index contributed by atoms with van der Waals surface area (Å²) in [5.74, 6) is -0.271. The second-order valence-corrected chi connectivity index (χ2v) is 5.82. The summed E-state index contributed by atoms with van der Waals surface area (Å²) in [6, 6.07) is 14.4. The zero-order valence-electron chi connectivity index (χ0n) is 11.3. The maximum Gasteiger partial charge on any atom is 0.124 e. The third-order valence-electron chi connectivity index (χ3n) is 3.54. The molecule has 1 atom stereocenters. The highest BCUT2D eigenvalue weighted by atomic mass is 79.9. The van der Waals surface area contributed by atoms with Gasteiger partial charge in [0.25, 0.3) is 0 Å². The average molecular weight is 345 g/mol. The van der Waals surface area contributed by atoms with Gasteiger partial charge < -0.3 is 5.73 Å². The summed E-state index contributed by atoms with van der Waals surface area (Å²) >= 11 is 3.38. The van der Waals surface area contributed by atoms with E-state index < -0.39 is 0 Å². The highest BCUT2D eigenvalue weighted by Gasteiger charge is 2.13. The molecule has 21 heavy (non-hydrogen) atoms. The molecule has 0 aliphatic heterocycles. The van der Waals surface area contributed by atoms with Crippen LogP contribution in [-0.4, -0.2) is 4.98 Å². The number of nitrogens with two attached hydrogens (primary N) is 1. The highest BCUT2D eigenvalue weighted by molar-refractivity contribution is 9.10. The molecule has 0 fully saturated rings. The molecule has 2 nitrogen and oxygen atoms in total. The number of nitrogens with zero attached hydrogens (tertiary/aromatic N) is 1. The first kappa shape index (κ1) is 14.2.